The van der Waals surface area contributed by atoms with Gasteiger partial charge >= 0.3 is 0 Å². The second-order valence-corrected chi connectivity index (χ2v) is 12.3. The molecule has 2 heterocycles. The van der Waals surface area contributed by atoms with Gasteiger partial charge in [0.1, 0.15) is 6.07 Å². The smallest absolute Gasteiger partial charge is 0.101 e. The van der Waals surface area contributed by atoms with Crippen LogP contribution in [0.15, 0.2) is 152 Å². The minimum atomic E-state index is 0.557. The van der Waals surface area contributed by atoms with E-state index in [0.717, 1.165) is 77.2 Å². The first-order valence-electron chi connectivity index (χ1n) is 16.3. The van der Waals surface area contributed by atoms with Crippen molar-refractivity contribution in [3.05, 3.63) is 168 Å². The standard InChI is InChI=1S/C45H25N5/c46-26-29-13-23-43-40(24-29)38-8-2-3-10-41(38)49(43)35-20-18-32(19-21-35)31-14-16-33(17-15-31)36-9-5-6-34(28-48)45(36)50-42-11-4-1-7-37(42)39-22-12-30(27-47)25-44(39)50/h1-25H. The minimum Gasteiger partial charge on any atom is -0.309 e. The van der Waals surface area contributed by atoms with E-state index >= 15 is 0 Å². The van der Waals surface area contributed by atoms with Gasteiger partial charge in [-0.05, 0) is 77.4 Å². The summed E-state index contributed by atoms with van der Waals surface area (Å²) in [5, 5.41) is 33.8. The molecule has 50 heavy (non-hydrogen) atoms. The van der Waals surface area contributed by atoms with Gasteiger partial charge in [-0.1, -0.05) is 91.0 Å². The first-order valence-corrected chi connectivity index (χ1v) is 16.3. The summed E-state index contributed by atoms with van der Waals surface area (Å²) in [5.74, 6) is 0. The van der Waals surface area contributed by atoms with Crippen LogP contribution in [-0.2, 0) is 0 Å². The van der Waals surface area contributed by atoms with Gasteiger partial charge in [0.2, 0.25) is 0 Å². The Hall–Kier alpha value is -7.39. The molecule has 0 aliphatic rings. The Balaban J connectivity index is 1.13. The highest BCUT2D eigenvalue weighted by molar-refractivity contribution is 6.11. The summed E-state index contributed by atoms with van der Waals surface area (Å²) >= 11 is 0. The SMILES string of the molecule is N#Cc1ccc2c(c1)c1ccccc1n2-c1ccc(-c2ccc(-c3cccc(C#N)c3-n3c4ccccc4c4ccc(C#N)cc43)cc2)cc1. The predicted molar refractivity (Wildman–Crippen MR) is 200 cm³/mol. The summed E-state index contributed by atoms with van der Waals surface area (Å²) in [5.41, 5.74) is 11.7. The molecular weight excluding hydrogens is 611 g/mol. The van der Waals surface area contributed by atoms with Gasteiger partial charge in [-0.2, -0.15) is 15.8 Å². The Morgan fingerprint density at radius 1 is 0.380 bits per heavy atom. The number of nitrogens with zero attached hydrogens (tertiary/aromatic N) is 5. The van der Waals surface area contributed by atoms with Gasteiger partial charge in [-0.15, -0.1) is 0 Å². The number of nitriles is 3. The maximum atomic E-state index is 10.3. The van der Waals surface area contributed by atoms with E-state index in [1.54, 1.807) is 0 Å². The van der Waals surface area contributed by atoms with Crippen molar-refractivity contribution in [1.29, 1.82) is 15.8 Å². The molecule has 0 aliphatic heterocycles. The summed E-state index contributed by atoms with van der Waals surface area (Å²) in [4.78, 5) is 0. The second kappa shape index (κ2) is 11.4. The number of hydrogen-bond donors (Lipinski definition) is 0. The maximum absolute atomic E-state index is 10.3. The molecule has 0 unspecified atom stereocenters. The lowest BCUT2D eigenvalue weighted by molar-refractivity contribution is 1.17. The van der Waals surface area contributed by atoms with E-state index in [1.807, 2.05) is 72.8 Å². The molecule has 0 atom stereocenters. The number of aromatic nitrogens is 2. The van der Waals surface area contributed by atoms with E-state index in [4.69, 9.17) is 0 Å². The molecule has 0 bridgehead atoms. The zero-order valence-electron chi connectivity index (χ0n) is 26.7. The molecule has 0 aliphatic carbocycles. The van der Waals surface area contributed by atoms with Crippen LogP contribution >= 0.6 is 0 Å². The van der Waals surface area contributed by atoms with Gasteiger partial charge in [0.15, 0.2) is 0 Å². The van der Waals surface area contributed by atoms with Crippen LogP contribution in [0.3, 0.4) is 0 Å². The Labute approximate surface area is 287 Å². The van der Waals surface area contributed by atoms with Crippen LogP contribution in [-0.4, -0.2) is 9.13 Å². The second-order valence-electron chi connectivity index (χ2n) is 12.3. The summed E-state index contributed by atoms with van der Waals surface area (Å²) in [6.07, 6.45) is 0. The topological polar surface area (TPSA) is 81.2 Å². The van der Waals surface area contributed by atoms with E-state index in [9.17, 15) is 15.8 Å². The van der Waals surface area contributed by atoms with Crippen molar-refractivity contribution < 1.29 is 0 Å². The molecule has 2 aromatic heterocycles. The van der Waals surface area contributed by atoms with Crippen molar-refractivity contribution in [3.8, 4) is 51.8 Å². The van der Waals surface area contributed by atoms with Crippen LogP contribution in [0.2, 0.25) is 0 Å². The Morgan fingerprint density at radius 3 is 1.64 bits per heavy atom. The van der Waals surface area contributed by atoms with Crippen LogP contribution in [0.25, 0.3) is 77.2 Å². The fourth-order valence-corrected chi connectivity index (χ4v) is 7.35. The van der Waals surface area contributed by atoms with Crippen molar-refractivity contribution in [2.75, 3.05) is 0 Å². The fourth-order valence-electron chi connectivity index (χ4n) is 7.35. The molecule has 5 heteroatoms. The quantitative estimate of drug-likeness (QED) is 0.193. The number of rotatable bonds is 4. The predicted octanol–water partition coefficient (Wildman–Crippen LogP) is 10.8. The Morgan fingerprint density at radius 2 is 0.940 bits per heavy atom. The third kappa shape index (κ3) is 4.38. The van der Waals surface area contributed by atoms with Crippen LogP contribution in [0.1, 0.15) is 16.7 Å². The van der Waals surface area contributed by atoms with E-state index in [0.29, 0.717) is 16.7 Å². The average molecular weight is 636 g/mol. The van der Waals surface area contributed by atoms with E-state index < -0.39 is 0 Å². The summed E-state index contributed by atoms with van der Waals surface area (Å²) in [7, 11) is 0. The number of fused-ring (bicyclic) bond motifs is 6. The summed E-state index contributed by atoms with van der Waals surface area (Å²) in [6, 6.07) is 57.9. The van der Waals surface area contributed by atoms with Crippen LogP contribution in [0.4, 0.5) is 0 Å². The van der Waals surface area contributed by atoms with E-state index in [-0.39, 0.29) is 0 Å². The molecule has 5 nitrogen and oxygen atoms in total. The molecule has 7 aromatic carbocycles. The average Bonchev–Trinajstić information content (AvgIpc) is 3.69. The van der Waals surface area contributed by atoms with Crippen molar-refractivity contribution in [2.24, 2.45) is 0 Å². The fraction of sp³-hybridized carbons (Fsp3) is 0. The number of hydrogen-bond acceptors (Lipinski definition) is 3. The van der Waals surface area contributed by atoms with Crippen molar-refractivity contribution in [2.45, 2.75) is 0 Å². The van der Waals surface area contributed by atoms with Gasteiger partial charge in [0, 0.05) is 32.8 Å². The molecular formula is C45H25N5. The molecule has 0 radical (unpaired) electrons. The molecule has 0 saturated carbocycles. The Bertz CT molecular complexity index is 2940. The van der Waals surface area contributed by atoms with Gasteiger partial charge in [-0.3, -0.25) is 0 Å². The lowest BCUT2D eigenvalue weighted by atomic mass is 9.97. The molecule has 0 saturated heterocycles. The Kier molecular flexibility index (Phi) is 6.56. The first-order chi connectivity index (χ1) is 24.7. The molecule has 0 spiro atoms. The largest absolute Gasteiger partial charge is 0.309 e. The third-order valence-corrected chi connectivity index (χ3v) is 9.64. The molecule has 0 N–H and O–H groups in total. The van der Waals surface area contributed by atoms with Crippen molar-refractivity contribution >= 4 is 43.6 Å². The summed E-state index contributed by atoms with van der Waals surface area (Å²) < 4.78 is 4.37. The molecule has 9 aromatic rings. The van der Waals surface area contributed by atoms with Crippen LogP contribution in [0, 0.1) is 34.0 Å². The van der Waals surface area contributed by atoms with E-state index in [2.05, 4.69) is 106 Å². The minimum absolute atomic E-state index is 0.557. The zero-order chi connectivity index (χ0) is 33.8. The maximum Gasteiger partial charge on any atom is 0.101 e. The van der Waals surface area contributed by atoms with Crippen molar-refractivity contribution in [1.82, 2.24) is 9.13 Å². The van der Waals surface area contributed by atoms with Gasteiger partial charge in [-0.25, -0.2) is 0 Å². The summed E-state index contributed by atoms with van der Waals surface area (Å²) in [6.45, 7) is 0. The van der Waals surface area contributed by atoms with Gasteiger partial charge in [0.25, 0.3) is 0 Å². The highest BCUT2D eigenvalue weighted by Gasteiger charge is 2.19. The monoisotopic (exact) mass is 635 g/mol. The first kappa shape index (κ1) is 28.8. The third-order valence-electron chi connectivity index (χ3n) is 9.64. The van der Waals surface area contributed by atoms with Crippen molar-refractivity contribution in [3.63, 3.8) is 0 Å². The molecule has 0 amide bonds. The van der Waals surface area contributed by atoms with Gasteiger partial charge < -0.3 is 9.13 Å². The highest BCUT2D eigenvalue weighted by atomic mass is 15.0. The van der Waals surface area contributed by atoms with Crippen LogP contribution < -0.4 is 0 Å². The molecule has 0 fully saturated rings. The van der Waals surface area contributed by atoms with Gasteiger partial charge in [0.05, 0.1) is 56.6 Å². The molecule has 9 rings (SSSR count). The number of para-hydroxylation sites is 3. The normalized spacial score (nSPS) is 11.1. The lowest BCUT2D eigenvalue weighted by Gasteiger charge is -2.16. The zero-order valence-corrected chi connectivity index (χ0v) is 26.7. The highest BCUT2D eigenvalue weighted by Crippen LogP contribution is 2.39. The van der Waals surface area contributed by atoms with Crippen LogP contribution in [0.5, 0.6) is 0 Å². The molecule has 230 valence electrons. The number of benzene rings is 7. The van der Waals surface area contributed by atoms with E-state index in [1.165, 1.54) is 0 Å². The lowest BCUT2D eigenvalue weighted by Crippen LogP contribution is -2.01.